The lowest BCUT2D eigenvalue weighted by Gasteiger charge is -2.32. The predicted octanol–water partition coefficient (Wildman–Crippen LogP) is 5.40. The van der Waals surface area contributed by atoms with Gasteiger partial charge in [0, 0.05) is 36.0 Å². The van der Waals surface area contributed by atoms with Gasteiger partial charge in [0.15, 0.2) is 0 Å². The molecule has 2 amide bonds. The van der Waals surface area contributed by atoms with Gasteiger partial charge in [-0.25, -0.2) is 4.79 Å². The summed E-state index contributed by atoms with van der Waals surface area (Å²) in [6.07, 6.45) is 4.42. The Labute approximate surface area is 269 Å². The first kappa shape index (κ1) is 32.5. The maximum Gasteiger partial charge on any atom is 0.320 e. The van der Waals surface area contributed by atoms with Crippen LogP contribution < -0.4 is 26.2 Å². The van der Waals surface area contributed by atoms with Gasteiger partial charge in [-0.15, -0.1) is 0 Å². The smallest absolute Gasteiger partial charge is 0.320 e. The second kappa shape index (κ2) is 13.6. The number of hydrogen-bond acceptors (Lipinski definition) is 7. The van der Waals surface area contributed by atoms with Crippen molar-refractivity contribution in [3.8, 4) is 5.75 Å². The molecule has 0 radical (unpaired) electrons. The van der Waals surface area contributed by atoms with Crippen molar-refractivity contribution < 1.29 is 14.6 Å². The van der Waals surface area contributed by atoms with Gasteiger partial charge in [0.05, 0.1) is 18.3 Å². The van der Waals surface area contributed by atoms with E-state index < -0.39 is 11.5 Å². The number of nitrogens with zero attached hydrogens (tertiary/aromatic N) is 2. The molecule has 7 N–H and O–H groups in total. The van der Waals surface area contributed by atoms with Crippen LogP contribution in [0.1, 0.15) is 68.9 Å². The van der Waals surface area contributed by atoms with Gasteiger partial charge in [0.25, 0.3) is 0 Å². The van der Waals surface area contributed by atoms with Crippen molar-refractivity contribution in [1.29, 1.82) is 16.2 Å². The quantitative estimate of drug-likeness (QED) is 0.138. The van der Waals surface area contributed by atoms with Gasteiger partial charge < -0.3 is 30.8 Å². The summed E-state index contributed by atoms with van der Waals surface area (Å²) in [6.45, 7) is 8.81. The van der Waals surface area contributed by atoms with E-state index in [2.05, 4.69) is 16.0 Å². The summed E-state index contributed by atoms with van der Waals surface area (Å²) in [5.41, 5.74) is 3.97. The highest BCUT2D eigenvalue weighted by Crippen LogP contribution is 2.38. The van der Waals surface area contributed by atoms with Gasteiger partial charge in [0.1, 0.15) is 23.2 Å². The Bertz CT molecular complexity index is 1690. The molecule has 2 heterocycles. The van der Waals surface area contributed by atoms with E-state index in [1.54, 1.807) is 29.3 Å². The Hall–Kier alpha value is -4.90. The van der Waals surface area contributed by atoms with Crippen LogP contribution in [0.25, 0.3) is 0 Å². The van der Waals surface area contributed by atoms with Gasteiger partial charge in [-0.2, -0.15) is 0 Å². The molecule has 1 fully saturated rings. The lowest BCUT2D eigenvalue weighted by atomic mass is 9.85. The summed E-state index contributed by atoms with van der Waals surface area (Å²) in [5.74, 6) is 1.07. The van der Waals surface area contributed by atoms with Crippen molar-refractivity contribution in [1.82, 2.24) is 20.1 Å². The van der Waals surface area contributed by atoms with E-state index in [9.17, 15) is 9.90 Å². The molecule has 0 spiro atoms. The van der Waals surface area contributed by atoms with E-state index in [1.807, 2.05) is 76.2 Å². The molecule has 0 saturated carbocycles. The predicted molar refractivity (Wildman–Crippen MR) is 179 cm³/mol. The molecule has 1 saturated heterocycles. The van der Waals surface area contributed by atoms with Gasteiger partial charge in [-0.3, -0.25) is 20.7 Å². The Balaban J connectivity index is 1.30. The van der Waals surface area contributed by atoms with Crippen LogP contribution >= 0.6 is 0 Å². The summed E-state index contributed by atoms with van der Waals surface area (Å²) >= 11 is 0. The Morgan fingerprint density at radius 3 is 2.39 bits per heavy atom. The molecule has 2 aliphatic rings. The fraction of sp³-hybridized carbons (Fsp3) is 0.371. The van der Waals surface area contributed by atoms with E-state index in [-0.39, 0.29) is 29.6 Å². The number of anilines is 1. The number of likely N-dealkylation sites (tertiary alicyclic amines) is 1. The van der Waals surface area contributed by atoms with Crippen molar-refractivity contribution in [2.45, 2.75) is 65.2 Å². The Kier molecular flexibility index (Phi) is 9.62. The highest BCUT2D eigenvalue weighted by Gasteiger charge is 2.30. The first-order chi connectivity index (χ1) is 21.9. The standard InChI is InChI=1S/C35H44N8O3/c1-22-9-11-23(12-10-22)39-32(19-30(36)35(2,3)4)41-34(45)40-28-14-15-29(27-8-6-5-7-26(27)28)46-25-13-16-31(37)43(21-25)33(38)42-18-17-24(44)20-42/h5-13,16,19,21,24,28-29,36-39,44H,14-15,17-18,20H2,1-4H3,(H2,40,41,45)/b32-19+,36-30?,37-31?,38-33?/t24-,28+,29-/m1/s1. The van der Waals surface area contributed by atoms with E-state index in [0.717, 1.165) is 22.4 Å². The third-order valence-electron chi connectivity index (χ3n) is 8.31. The average Bonchev–Trinajstić information content (AvgIpc) is 3.45. The molecule has 242 valence electrons. The molecule has 0 bridgehead atoms. The number of amides is 2. The van der Waals surface area contributed by atoms with Crippen molar-refractivity contribution >= 4 is 23.4 Å². The van der Waals surface area contributed by atoms with Crippen molar-refractivity contribution in [2.75, 3.05) is 18.4 Å². The van der Waals surface area contributed by atoms with Gasteiger partial charge in [-0.1, -0.05) is 62.7 Å². The SMILES string of the molecule is Cc1ccc(N/C(=C\C(=N)C(C)(C)C)NC(=O)N[C@H]2CC[C@@H](Oc3ccc(=N)n(C(=N)N4CC[C@@H](O)C4)c3)c3ccccc32)cc1. The van der Waals surface area contributed by atoms with Crippen molar-refractivity contribution in [3.63, 3.8) is 0 Å². The fourth-order valence-corrected chi connectivity index (χ4v) is 5.57. The van der Waals surface area contributed by atoms with Crippen LogP contribution in [-0.4, -0.2) is 51.5 Å². The van der Waals surface area contributed by atoms with E-state index in [1.165, 1.54) is 4.57 Å². The molecular weight excluding hydrogens is 580 g/mol. The van der Waals surface area contributed by atoms with Crippen molar-refractivity contribution in [2.24, 2.45) is 5.41 Å². The molecular formula is C35H44N8O3. The van der Waals surface area contributed by atoms with Crippen LogP contribution in [0.5, 0.6) is 5.75 Å². The number of aliphatic hydroxyl groups excluding tert-OH is 1. The summed E-state index contributed by atoms with van der Waals surface area (Å²) < 4.78 is 7.90. The molecule has 46 heavy (non-hydrogen) atoms. The van der Waals surface area contributed by atoms with Gasteiger partial charge in [-0.05, 0) is 61.6 Å². The molecule has 3 aromatic rings. The largest absolute Gasteiger partial charge is 0.484 e. The minimum atomic E-state index is -0.471. The highest BCUT2D eigenvalue weighted by atomic mass is 16.5. The van der Waals surface area contributed by atoms with Crippen LogP contribution in [0.2, 0.25) is 0 Å². The number of benzene rings is 2. The van der Waals surface area contributed by atoms with Crippen molar-refractivity contribution in [3.05, 3.63) is 101 Å². The number of β-amino-alcohol motifs (C(OH)–C–C–N with tert-alkyl or cyclic N) is 1. The molecule has 1 aromatic heterocycles. The van der Waals surface area contributed by atoms with Crippen LogP contribution in [0.15, 0.2) is 78.8 Å². The summed E-state index contributed by atoms with van der Waals surface area (Å²) in [4.78, 5) is 15.1. The minimum Gasteiger partial charge on any atom is -0.484 e. The summed E-state index contributed by atoms with van der Waals surface area (Å²) in [6, 6.07) is 18.4. The molecule has 3 atom stereocenters. The summed E-state index contributed by atoms with van der Waals surface area (Å²) in [7, 11) is 0. The number of carbonyl (C=O) groups excluding carboxylic acids is 1. The first-order valence-electron chi connectivity index (χ1n) is 15.6. The average molecular weight is 625 g/mol. The van der Waals surface area contributed by atoms with Crippen LogP contribution in [-0.2, 0) is 0 Å². The lowest BCUT2D eigenvalue weighted by molar-refractivity contribution is 0.170. The zero-order valence-electron chi connectivity index (χ0n) is 26.9. The molecule has 1 aliphatic heterocycles. The molecule has 11 nitrogen and oxygen atoms in total. The Morgan fingerprint density at radius 1 is 1.00 bits per heavy atom. The number of aliphatic hydroxyl groups is 1. The maximum absolute atomic E-state index is 13.4. The van der Waals surface area contributed by atoms with Crippen LogP contribution in [0, 0.1) is 28.6 Å². The number of allylic oxidation sites excluding steroid dienone is 1. The zero-order chi connectivity index (χ0) is 33.0. The number of rotatable bonds is 7. The number of nitrogens with one attached hydrogen (secondary N) is 6. The van der Waals surface area contributed by atoms with E-state index >= 15 is 0 Å². The number of ether oxygens (including phenoxy) is 1. The highest BCUT2D eigenvalue weighted by molar-refractivity contribution is 5.97. The van der Waals surface area contributed by atoms with Crippen LogP contribution in [0.3, 0.4) is 0 Å². The summed E-state index contributed by atoms with van der Waals surface area (Å²) in [5, 5.41) is 44.7. The molecule has 0 unspecified atom stereocenters. The van der Waals surface area contributed by atoms with E-state index in [4.69, 9.17) is 21.0 Å². The van der Waals surface area contributed by atoms with Gasteiger partial charge in [0.2, 0.25) is 5.96 Å². The molecule has 5 rings (SSSR count). The second-order valence-corrected chi connectivity index (χ2v) is 13.0. The topological polar surface area (TPSA) is 162 Å². The third kappa shape index (κ3) is 7.84. The zero-order valence-corrected chi connectivity index (χ0v) is 26.9. The number of aromatic nitrogens is 1. The van der Waals surface area contributed by atoms with Gasteiger partial charge >= 0.3 is 6.03 Å². The number of fused-ring (bicyclic) bond motifs is 1. The molecule has 11 heteroatoms. The number of pyridine rings is 1. The second-order valence-electron chi connectivity index (χ2n) is 13.0. The van der Waals surface area contributed by atoms with E-state index in [0.29, 0.717) is 49.6 Å². The number of hydrogen-bond donors (Lipinski definition) is 7. The van der Waals surface area contributed by atoms with Crippen LogP contribution in [0.4, 0.5) is 10.5 Å². The number of aryl methyl sites for hydroxylation is 1. The molecule has 2 aromatic carbocycles. The fourth-order valence-electron chi connectivity index (χ4n) is 5.57. The maximum atomic E-state index is 13.4. The molecule has 1 aliphatic carbocycles. The minimum absolute atomic E-state index is 0.134. The Morgan fingerprint density at radius 2 is 1.72 bits per heavy atom. The normalized spacial score (nSPS) is 19.6. The number of carbonyl (C=O) groups is 1. The monoisotopic (exact) mass is 624 g/mol. The number of urea groups is 1. The lowest BCUT2D eigenvalue weighted by Crippen LogP contribution is -2.41. The third-order valence-corrected chi connectivity index (χ3v) is 8.31. The first-order valence-corrected chi connectivity index (χ1v) is 15.6.